The molecule has 5 nitrogen and oxygen atoms in total. The molecule has 0 aliphatic heterocycles. The molecule has 2 aromatic heterocycles. The van der Waals surface area contributed by atoms with Crippen LogP contribution in [-0.2, 0) is 6.42 Å². The number of halogens is 1. The second-order valence-corrected chi connectivity index (χ2v) is 6.96. The van der Waals surface area contributed by atoms with E-state index in [-0.39, 0.29) is 5.91 Å². The highest BCUT2D eigenvalue weighted by molar-refractivity contribution is 6.30. The number of nitrogens with one attached hydrogen (secondary N) is 1. The number of hydrogen-bond acceptors (Lipinski definition) is 3. The number of rotatable bonds is 6. The van der Waals surface area contributed by atoms with Gasteiger partial charge in [-0.2, -0.15) is 0 Å². The normalized spacial score (nSPS) is 10.9. The molecule has 2 aromatic carbocycles. The maximum absolute atomic E-state index is 12.5. The topological polar surface area (TPSA) is 59.3 Å². The second kappa shape index (κ2) is 8.23. The van der Waals surface area contributed by atoms with Crippen LogP contribution in [0.1, 0.15) is 22.3 Å². The third kappa shape index (κ3) is 4.05. The van der Waals surface area contributed by atoms with Crippen LogP contribution in [0.2, 0.25) is 5.02 Å². The van der Waals surface area contributed by atoms with Crippen molar-refractivity contribution in [2.45, 2.75) is 12.8 Å². The molecule has 0 atom stereocenters. The van der Waals surface area contributed by atoms with E-state index in [1.54, 1.807) is 30.5 Å². The number of pyridine rings is 1. The number of fused-ring (bicyclic) bond motifs is 1. The van der Waals surface area contributed by atoms with Crippen molar-refractivity contribution >= 4 is 23.2 Å². The smallest absolute Gasteiger partial charge is 0.252 e. The lowest BCUT2D eigenvalue weighted by molar-refractivity contribution is 0.0953. The van der Waals surface area contributed by atoms with Crippen LogP contribution in [0.25, 0.3) is 17.0 Å². The zero-order chi connectivity index (χ0) is 19.3. The number of hydrogen-bond donors (Lipinski definition) is 1. The van der Waals surface area contributed by atoms with Crippen molar-refractivity contribution in [1.82, 2.24) is 19.9 Å². The van der Waals surface area contributed by atoms with E-state index in [0.717, 1.165) is 18.4 Å². The highest BCUT2D eigenvalue weighted by atomic mass is 35.5. The van der Waals surface area contributed by atoms with E-state index in [1.807, 2.05) is 34.7 Å². The van der Waals surface area contributed by atoms with Crippen LogP contribution in [0.3, 0.4) is 0 Å². The highest BCUT2D eigenvalue weighted by Crippen LogP contribution is 2.21. The first-order valence-corrected chi connectivity index (χ1v) is 9.51. The minimum atomic E-state index is -0.106. The van der Waals surface area contributed by atoms with Crippen molar-refractivity contribution < 1.29 is 4.79 Å². The van der Waals surface area contributed by atoms with E-state index in [1.165, 1.54) is 5.56 Å². The van der Waals surface area contributed by atoms with Gasteiger partial charge in [-0.15, -0.1) is 10.2 Å². The molecule has 0 aliphatic rings. The molecule has 2 heterocycles. The fourth-order valence-corrected chi connectivity index (χ4v) is 3.19. The predicted octanol–water partition coefficient (Wildman–Crippen LogP) is 4.41. The summed E-state index contributed by atoms with van der Waals surface area (Å²) in [6, 6.07) is 21.2. The SMILES string of the molecule is O=C(NCCCc1ccccc1)c1ccc2nnc(-c3ccc(Cl)cc3)n2c1. The molecular formula is C22H19ClN4O. The molecule has 4 rings (SSSR count). The standard InChI is InChI=1S/C22H19ClN4O/c23-19-11-8-17(9-12-19)21-26-25-20-13-10-18(15-27(20)21)22(28)24-14-4-7-16-5-2-1-3-6-16/h1-3,5-6,8-13,15H,4,7,14H2,(H,24,28). The van der Waals surface area contributed by atoms with Crippen LogP contribution in [0.4, 0.5) is 0 Å². The molecule has 6 heteroatoms. The number of aryl methyl sites for hydroxylation is 1. The monoisotopic (exact) mass is 390 g/mol. The average Bonchev–Trinajstić information content (AvgIpc) is 3.15. The molecule has 140 valence electrons. The molecule has 0 aliphatic carbocycles. The van der Waals surface area contributed by atoms with Crippen LogP contribution in [0.15, 0.2) is 72.9 Å². The lowest BCUT2D eigenvalue weighted by atomic mass is 10.1. The van der Waals surface area contributed by atoms with Gasteiger partial charge in [-0.3, -0.25) is 9.20 Å². The van der Waals surface area contributed by atoms with Crippen molar-refractivity contribution in [2.24, 2.45) is 0 Å². The van der Waals surface area contributed by atoms with Gasteiger partial charge in [-0.1, -0.05) is 41.9 Å². The fraction of sp³-hybridized carbons (Fsp3) is 0.136. The minimum absolute atomic E-state index is 0.106. The number of nitrogens with zero attached hydrogens (tertiary/aromatic N) is 3. The summed E-state index contributed by atoms with van der Waals surface area (Å²) in [4.78, 5) is 12.5. The first kappa shape index (κ1) is 18.2. The maximum Gasteiger partial charge on any atom is 0.252 e. The van der Waals surface area contributed by atoms with Crippen molar-refractivity contribution in [1.29, 1.82) is 0 Å². The molecule has 0 radical (unpaired) electrons. The van der Waals surface area contributed by atoms with E-state index in [4.69, 9.17) is 11.6 Å². The Hall–Kier alpha value is -3.18. The van der Waals surface area contributed by atoms with Crippen molar-refractivity contribution in [2.75, 3.05) is 6.54 Å². The third-order valence-corrected chi connectivity index (χ3v) is 4.79. The molecule has 28 heavy (non-hydrogen) atoms. The third-order valence-electron chi connectivity index (χ3n) is 4.54. The van der Waals surface area contributed by atoms with E-state index < -0.39 is 0 Å². The van der Waals surface area contributed by atoms with E-state index in [2.05, 4.69) is 27.6 Å². The quantitative estimate of drug-likeness (QED) is 0.496. The largest absolute Gasteiger partial charge is 0.352 e. The Bertz CT molecular complexity index is 1090. The molecule has 1 amide bonds. The number of amides is 1. The first-order valence-electron chi connectivity index (χ1n) is 9.13. The zero-order valence-electron chi connectivity index (χ0n) is 15.2. The number of carbonyl (C=O) groups is 1. The summed E-state index contributed by atoms with van der Waals surface area (Å²) in [5, 5.41) is 12.1. The fourth-order valence-electron chi connectivity index (χ4n) is 3.06. The van der Waals surface area contributed by atoms with Crippen LogP contribution in [0, 0.1) is 0 Å². The predicted molar refractivity (Wildman–Crippen MR) is 111 cm³/mol. The zero-order valence-corrected chi connectivity index (χ0v) is 15.9. The first-order chi connectivity index (χ1) is 13.7. The van der Waals surface area contributed by atoms with Gasteiger partial charge >= 0.3 is 0 Å². The van der Waals surface area contributed by atoms with E-state index in [9.17, 15) is 4.79 Å². The van der Waals surface area contributed by atoms with Gasteiger partial charge < -0.3 is 5.32 Å². The minimum Gasteiger partial charge on any atom is -0.352 e. The molecule has 0 spiro atoms. The Kier molecular flexibility index (Phi) is 5.35. The molecule has 0 fully saturated rings. The number of benzene rings is 2. The van der Waals surface area contributed by atoms with Gasteiger partial charge in [0.25, 0.3) is 5.91 Å². The summed E-state index contributed by atoms with van der Waals surface area (Å²) >= 11 is 5.96. The van der Waals surface area contributed by atoms with Gasteiger partial charge in [-0.05, 0) is 54.8 Å². The van der Waals surface area contributed by atoms with Gasteiger partial charge in [0, 0.05) is 23.3 Å². The Morgan fingerprint density at radius 2 is 1.75 bits per heavy atom. The van der Waals surface area contributed by atoms with Gasteiger partial charge in [-0.25, -0.2) is 0 Å². The Morgan fingerprint density at radius 3 is 2.54 bits per heavy atom. The molecule has 0 bridgehead atoms. The summed E-state index contributed by atoms with van der Waals surface area (Å²) in [7, 11) is 0. The van der Waals surface area contributed by atoms with E-state index >= 15 is 0 Å². The van der Waals surface area contributed by atoms with Gasteiger partial charge in [0.1, 0.15) is 0 Å². The summed E-state index contributed by atoms with van der Waals surface area (Å²) in [6.07, 6.45) is 3.60. The Labute approximate surface area is 168 Å². The number of carbonyl (C=O) groups excluding carboxylic acids is 1. The van der Waals surface area contributed by atoms with Gasteiger partial charge in [0.2, 0.25) is 0 Å². The maximum atomic E-state index is 12.5. The average molecular weight is 391 g/mol. The molecule has 4 aromatic rings. The summed E-state index contributed by atoms with van der Waals surface area (Å²) in [6.45, 7) is 0.623. The van der Waals surface area contributed by atoms with Crippen molar-refractivity contribution in [3.63, 3.8) is 0 Å². The molecule has 0 unspecified atom stereocenters. The molecule has 1 N–H and O–H groups in total. The van der Waals surface area contributed by atoms with Gasteiger partial charge in [0.05, 0.1) is 5.56 Å². The summed E-state index contributed by atoms with van der Waals surface area (Å²) in [5.41, 5.74) is 3.42. The lowest BCUT2D eigenvalue weighted by Gasteiger charge is -2.07. The molecule has 0 saturated heterocycles. The van der Waals surface area contributed by atoms with Crippen molar-refractivity contribution in [3.8, 4) is 11.4 Å². The van der Waals surface area contributed by atoms with Crippen LogP contribution in [-0.4, -0.2) is 27.0 Å². The molecule has 0 saturated carbocycles. The molecular weight excluding hydrogens is 372 g/mol. The van der Waals surface area contributed by atoms with Crippen LogP contribution in [0.5, 0.6) is 0 Å². The summed E-state index contributed by atoms with van der Waals surface area (Å²) in [5.74, 6) is 0.566. The van der Waals surface area contributed by atoms with Crippen LogP contribution < -0.4 is 5.32 Å². The lowest BCUT2D eigenvalue weighted by Crippen LogP contribution is -2.25. The highest BCUT2D eigenvalue weighted by Gasteiger charge is 2.11. The Morgan fingerprint density at radius 1 is 0.964 bits per heavy atom. The van der Waals surface area contributed by atoms with Crippen LogP contribution >= 0.6 is 11.6 Å². The summed E-state index contributed by atoms with van der Waals surface area (Å²) < 4.78 is 1.82. The van der Waals surface area contributed by atoms with Crippen molar-refractivity contribution in [3.05, 3.63) is 89.1 Å². The van der Waals surface area contributed by atoms with E-state index in [0.29, 0.717) is 28.6 Å². The Balaban J connectivity index is 1.45. The van der Waals surface area contributed by atoms with Gasteiger partial charge in [0.15, 0.2) is 11.5 Å². The second-order valence-electron chi connectivity index (χ2n) is 6.52. The number of aromatic nitrogens is 3.